The first-order valence-corrected chi connectivity index (χ1v) is 8.80. The third-order valence-electron chi connectivity index (χ3n) is 3.71. The average Bonchev–Trinajstić information content (AvgIpc) is 2.59. The zero-order chi connectivity index (χ0) is 14.5. The summed E-state index contributed by atoms with van der Waals surface area (Å²) in [5.41, 5.74) is 3.71. The van der Waals surface area contributed by atoms with Gasteiger partial charge in [-0.3, -0.25) is 0 Å². The Kier molecular flexibility index (Phi) is 4.24. The molecule has 3 aromatic rings. The summed E-state index contributed by atoms with van der Waals surface area (Å²) in [6, 6.07) is 31.6. The molecule has 0 aliphatic heterocycles. The Hall–Kier alpha value is -1.82. The van der Waals surface area contributed by atoms with E-state index in [0.29, 0.717) is 0 Å². The second kappa shape index (κ2) is 6.30. The zero-order valence-corrected chi connectivity index (χ0v) is 13.2. The summed E-state index contributed by atoms with van der Waals surface area (Å²) in [5.74, 6) is 0. The van der Waals surface area contributed by atoms with Crippen molar-refractivity contribution in [2.45, 2.75) is 5.16 Å². The first kappa shape index (κ1) is 14.1. The van der Waals surface area contributed by atoms with Crippen molar-refractivity contribution in [2.75, 3.05) is 0 Å². The van der Waals surface area contributed by atoms with Crippen molar-refractivity contribution in [3.8, 4) is 0 Å². The van der Waals surface area contributed by atoms with Gasteiger partial charge in [-0.15, -0.1) is 0 Å². The monoisotopic (exact) mass is 306 g/mol. The molecule has 0 radical (unpaired) electrons. The van der Waals surface area contributed by atoms with Gasteiger partial charge in [-0.1, -0.05) is 103 Å². The predicted octanol–water partition coefficient (Wildman–Crippen LogP) is 5.39. The largest absolute Gasteiger partial charge is 0.0972 e. The first-order valence-electron chi connectivity index (χ1n) is 6.89. The molecule has 0 heterocycles. The van der Waals surface area contributed by atoms with Crippen LogP contribution in [0.2, 0.25) is 0 Å². The van der Waals surface area contributed by atoms with E-state index in [4.69, 9.17) is 11.8 Å². The van der Waals surface area contributed by atoms with Gasteiger partial charge in [0.2, 0.25) is 0 Å². The van der Waals surface area contributed by atoms with Crippen molar-refractivity contribution in [1.29, 1.82) is 0 Å². The average molecular weight is 306 g/mol. The van der Waals surface area contributed by atoms with Crippen molar-refractivity contribution in [3.05, 3.63) is 108 Å². The van der Waals surface area contributed by atoms with Gasteiger partial charge in [0.05, 0.1) is 5.16 Å². The molecule has 0 bridgehead atoms. The van der Waals surface area contributed by atoms with E-state index in [9.17, 15) is 0 Å². The van der Waals surface area contributed by atoms with Crippen LogP contribution < -0.4 is 0 Å². The first-order chi connectivity index (χ1) is 10.4. The van der Waals surface area contributed by atoms with Gasteiger partial charge in [-0.25, -0.2) is 0 Å². The van der Waals surface area contributed by atoms with Gasteiger partial charge < -0.3 is 0 Å². The Morgan fingerprint density at radius 2 is 0.810 bits per heavy atom. The van der Waals surface area contributed by atoms with Crippen LogP contribution >= 0.6 is 7.36 Å². The van der Waals surface area contributed by atoms with E-state index in [1.807, 2.05) is 18.2 Å². The smallest absolute Gasteiger partial charge is 0.0622 e. The molecule has 0 spiro atoms. The summed E-state index contributed by atoms with van der Waals surface area (Å²) in [5, 5.41) is -0.293. The van der Waals surface area contributed by atoms with Crippen molar-refractivity contribution < 1.29 is 0 Å². The molecule has 102 valence electrons. The lowest BCUT2D eigenvalue weighted by atomic mass is 9.84. The van der Waals surface area contributed by atoms with Crippen LogP contribution in [0.5, 0.6) is 0 Å². The maximum Gasteiger partial charge on any atom is 0.0972 e. The summed E-state index contributed by atoms with van der Waals surface area (Å²) >= 11 is 5.60. The molecule has 0 saturated heterocycles. The Balaban J connectivity index is 2.31. The van der Waals surface area contributed by atoms with Crippen LogP contribution in [0.15, 0.2) is 91.0 Å². The normalized spacial score (nSPS) is 11.4. The van der Waals surface area contributed by atoms with E-state index in [-0.39, 0.29) is 5.16 Å². The lowest BCUT2D eigenvalue weighted by molar-refractivity contribution is 0.896. The molecule has 0 unspecified atom stereocenters. The van der Waals surface area contributed by atoms with Crippen LogP contribution in [0, 0.1) is 0 Å². The molecule has 2 heteroatoms. The molecule has 3 rings (SSSR count). The highest BCUT2D eigenvalue weighted by Crippen LogP contribution is 2.47. The quantitative estimate of drug-likeness (QED) is 0.460. The van der Waals surface area contributed by atoms with E-state index in [1.165, 1.54) is 16.7 Å². The van der Waals surface area contributed by atoms with E-state index >= 15 is 0 Å². The van der Waals surface area contributed by atoms with Crippen molar-refractivity contribution in [2.24, 2.45) is 0 Å². The van der Waals surface area contributed by atoms with Gasteiger partial charge in [-0.05, 0) is 24.0 Å². The van der Waals surface area contributed by atoms with Crippen molar-refractivity contribution in [3.63, 3.8) is 0 Å². The number of hydrogen-bond acceptors (Lipinski definition) is 1. The number of hydrogen-bond donors (Lipinski definition) is 0. The Morgan fingerprint density at radius 1 is 0.524 bits per heavy atom. The van der Waals surface area contributed by atoms with Crippen molar-refractivity contribution in [1.82, 2.24) is 0 Å². The molecular weight excluding hydrogens is 291 g/mol. The van der Waals surface area contributed by atoms with Crippen LogP contribution in [0.3, 0.4) is 0 Å². The Bertz CT molecular complexity index is 612. The Labute approximate surface area is 132 Å². The standard InChI is InChI=1S/C19H15PS/c21-20-19(16-10-4-1-5-11-16,17-12-6-2-7-13-17)18-14-8-3-9-15-18/h1-15H. The van der Waals surface area contributed by atoms with Gasteiger partial charge in [-0.2, -0.15) is 0 Å². The fourth-order valence-electron chi connectivity index (χ4n) is 2.70. The topological polar surface area (TPSA) is 0 Å². The predicted molar refractivity (Wildman–Crippen MR) is 93.5 cm³/mol. The lowest BCUT2D eigenvalue weighted by Gasteiger charge is -2.31. The molecule has 0 N–H and O–H groups in total. The maximum atomic E-state index is 5.60. The van der Waals surface area contributed by atoms with Crippen LogP contribution in [0.25, 0.3) is 0 Å². The summed E-state index contributed by atoms with van der Waals surface area (Å²) in [4.78, 5) is 0. The molecule has 21 heavy (non-hydrogen) atoms. The SMILES string of the molecule is S=PC(c1ccccc1)(c1ccccc1)c1ccccc1. The second-order valence-electron chi connectivity index (χ2n) is 4.90. The third-order valence-corrected chi connectivity index (χ3v) is 5.58. The fraction of sp³-hybridized carbons (Fsp3) is 0.0526. The molecule has 0 atom stereocenters. The van der Waals surface area contributed by atoms with Gasteiger partial charge in [0.1, 0.15) is 0 Å². The second-order valence-corrected chi connectivity index (χ2v) is 6.30. The highest BCUT2D eigenvalue weighted by atomic mass is 32.4. The highest BCUT2D eigenvalue weighted by molar-refractivity contribution is 7.97. The van der Waals surface area contributed by atoms with Gasteiger partial charge in [0, 0.05) is 0 Å². The fourth-order valence-corrected chi connectivity index (χ4v) is 4.41. The van der Waals surface area contributed by atoms with E-state index in [0.717, 1.165) is 7.36 Å². The molecular formula is C19H15PS. The summed E-state index contributed by atoms with van der Waals surface area (Å²) in [6.45, 7) is 0. The van der Waals surface area contributed by atoms with Gasteiger partial charge in [0.25, 0.3) is 0 Å². The molecule has 0 saturated carbocycles. The molecule has 0 amide bonds. The minimum atomic E-state index is -0.293. The van der Waals surface area contributed by atoms with Crippen LogP contribution in [0.4, 0.5) is 0 Å². The van der Waals surface area contributed by atoms with Crippen molar-refractivity contribution >= 4 is 19.2 Å². The lowest BCUT2D eigenvalue weighted by Crippen LogP contribution is -2.22. The third kappa shape index (κ3) is 2.55. The number of benzene rings is 3. The molecule has 0 fully saturated rings. The minimum Gasteiger partial charge on any atom is -0.0622 e. The van der Waals surface area contributed by atoms with Crippen LogP contribution in [-0.4, -0.2) is 0 Å². The molecule has 0 nitrogen and oxygen atoms in total. The molecule has 0 aliphatic carbocycles. The minimum absolute atomic E-state index is 0.293. The zero-order valence-electron chi connectivity index (χ0n) is 11.5. The maximum absolute atomic E-state index is 5.60. The molecule has 3 aromatic carbocycles. The Morgan fingerprint density at radius 3 is 1.05 bits per heavy atom. The highest BCUT2D eigenvalue weighted by Gasteiger charge is 2.34. The molecule has 0 aromatic heterocycles. The van der Waals surface area contributed by atoms with E-state index in [1.54, 1.807) is 0 Å². The van der Waals surface area contributed by atoms with E-state index in [2.05, 4.69) is 72.8 Å². The van der Waals surface area contributed by atoms with Crippen LogP contribution in [-0.2, 0) is 17.0 Å². The summed E-state index contributed by atoms with van der Waals surface area (Å²) < 4.78 is 0. The van der Waals surface area contributed by atoms with Gasteiger partial charge >= 0.3 is 0 Å². The van der Waals surface area contributed by atoms with E-state index < -0.39 is 0 Å². The summed E-state index contributed by atoms with van der Waals surface area (Å²) in [7, 11) is 0.897. The van der Waals surface area contributed by atoms with Gasteiger partial charge in [0.15, 0.2) is 0 Å². The number of rotatable bonds is 4. The summed E-state index contributed by atoms with van der Waals surface area (Å²) in [6.07, 6.45) is 0. The molecule has 0 aliphatic rings. The van der Waals surface area contributed by atoms with Crippen LogP contribution in [0.1, 0.15) is 16.7 Å².